The molecule has 0 aliphatic carbocycles. The zero-order valence-corrected chi connectivity index (χ0v) is 60.5. The summed E-state index contributed by atoms with van der Waals surface area (Å²) in [6.45, 7) is 6.63. The molecule has 110 heavy (non-hydrogen) atoms. The van der Waals surface area contributed by atoms with Crippen molar-refractivity contribution in [2.75, 3.05) is 0 Å². The Balaban J connectivity index is 0.715. The van der Waals surface area contributed by atoms with Crippen molar-refractivity contribution in [1.29, 1.82) is 0 Å². The molecular formula is C99H67BN10. The maximum Gasteiger partial charge on any atom is 0.242 e. The lowest BCUT2D eigenvalue weighted by Gasteiger charge is -2.23. The molecule has 0 aliphatic rings. The molecule has 0 saturated carbocycles. The van der Waals surface area contributed by atoms with Crippen LogP contribution in [-0.2, 0) is 0 Å². The van der Waals surface area contributed by atoms with Crippen molar-refractivity contribution in [2.45, 2.75) is 20.8 Å². The molecule has 0 spiro atoms. The van der Waals surface area contributed by atoms with E-state index in [9.17, 15) is 0 Å². The molecule has 0 bridgehead atoms. The molecule has 0 fully saturated rings. The van der Waals surface area contributed by atoms with E-state index in [0.29, 0.717) is 34.9 Å². The second-order valence-corrected chi connectivity index (χ2v) is 28.8. The van der Waals surface area contributed by atoms with Gasteiger partial charge in [-0.1, -0.05) is 288 Å². The molecule has 21 rings (SSSR count). The molecule has 6 aromatic heterocycles. The summed E-state index contributed by atoms with van der Waals surface area (Å²) in [7, 11) is 0. The smallest absolute Gasteiger partial charge is 0.242 e. The molecule has 0 N–H and O–H groups in total. The molecule has 11 heteroatoms. The molecule has 0 unspecified atom stereocenters. The number of hydrogen-bond acceptors (Lipinski definition) is 6. The fourth-order valence-electron chi connectivity index (χ4n) is 17.3. The van der Waals surface area contributed by atoms with Gasteiger partial charge in [0.15, 0.2) is 34.9 Å². The van der Waals surface area contributed by atoms with Gasteiger partial charge >= 0.3 is 0 Å². The number of para-hydroxylation sites is 4. The van der Waals surface area contributed by atoms with Crippen molar-refractivity contribution in [3.05, 3.63) is 369 Å². The molecule has 0 aliphatic heterocycles. The molecule has 0 atom stereocenters. The first kappa shape index (κ1) is 64.0. The van der Waals surface area contributed by atoms with Crippen molar-refractivity contribution in [1.82, 2.24) is 48.2 Å². The van der Waals surface area contributed by atoms with Gasteiger partial charge in [0.25, 0.3) is 0 Å². The minimum Gasteiger partial charge on any atom is -0.309 e. The predicted octanol–water partition coefficient (Wildman–Crippen LogP) is 21.9. The Kier molecular flexibility index (Phi) is 15.1. The monoisotopic (exact) mass is 1410 g/mol. The molecule has 0 saturated heterocycles. The Labute approximate surface area is 634 Å². The molecular weight excluding hydrogens is 1340 g/mol. The minimum atomic E-state index is -0.159. The van der Waals surface area contributed by atoms with E-state index in [4.69, 9.17) is 29.9 Å². The predicted molar refractivity (Wildman–Crippen MR) is 455 cm³/mol. The first-order valence-corrected chi connectivity index (χ1v) is 37.4. The van der Waals surface area contributed by atoms with Gasteiger partial charge in [0.05, 0.1) is 44.1 Å². The van der Waals surface area contributed by atoms with E-state index >= 15 is 0 Å². The van der Waals surface area contributed by atoms with Gasteiger partial charge in [0, 0.05) is 99.2 Å². The summed E-state index contributed by atoms with van der Waals surface area (Å²) in [6, 6.07) is 126. The molecule has 516 valence electrons. The topological polar surface area (TPSA) is 97.1 Å². The van der Waals surface area contributed by atoms with E-state index in [2.05, 4.69) is 318 Å². The van der Waals surface area contributed by atoms with Crippen LogP contribution in [0.25, 0.3) is 178 Å². The Morgan fingerprint density at radius 3 is 0.764 bits per heavy atom. The number of rotatable bonds is 13. The van der Waals surface area contributed by atoms with Crippen LogP contribution in [0.15, 0.2) is 352 Å². The second-order valence-electron chi connectivity index (χ2n) is 28.8. The van der Waals surface area contributed by atoms with Crippen LogP contribution in [0.4, 0.5) is 0 Å². The van der Waals surface area contributed by atoms with Crippen molar-refractivity contribution >= 4 is 110 Å². The summed E-state index contributed by atoms with van der Waals surface area (Å²) in [5.74, 6) is 3.69. The molecule has 15 aromatic carbocycles. The second kappa shape index (κ2) is 26.0. The van der Waals surface area contributed by atoms with Gasteiger partial charge in [-0.3, -0.25) is 0 Å². The highest BCUT2D eigenvalue weighted by atomic mass is 15.1. The van der Waals surface area contributed by atoms with Crippen molar-refractivity contribution < 1.29 is 0 Å². The average molecular weight is 1410 g/mol. The largest absolute Gasteiger partial charge is 0.309 e. The molecule has 6 heterocycles. The van der Waals surface area contributed by atoms with E-state index in [1.807, 2.05) is 72.8 Å². The normalized spacial score (nSPS) is 11.8. The van der Waals surface area contributed by atoms with Crippen molar-refractivity contribution in [3.63, 3.8) is 0 Å². The van der Waals surface area contributed by atoms with E-state index < -0.39 is 0 Å². The molecule has 10 nitrogen and oxygen atoms in total. The maximum atomic E-state index is 5.18. The summed E-state index contributed by atoms with van der Waals surface area (Å²) in [5, 5.41) is 9.44. The van der Waals surface area contributed by atoms with E-state index in [0.717, 1.165) is 100 Å². The van der Waals surface area contributed by atoms with Crippen LogP contribution in [0.5, 0.6) is 0 Å². The molecule has 0 radical (unpaired) electrons. The number of nitrogens with zero attached hydrogens (tertiary/aromatic N) is 10. The van der Waals surface area contributed by atoms with Gasteiger partial charge in [-0.05, 0) is 118 Å². The Morgan fingerprint density at radius 1 is 0.200 bits per heavy atom. The fraction of sp³-hybridized carbons (Fsp3) is 0.0303. The molecule has 21 aromatic rings. The maximum absolute atomic E-state index is 5.18. The standard InChI is InChI=1S/C99H67BN10/c1-62-52-63(2)93(64(3)53-62)100(71-38-26-42-75(56-71)109-87-50-22-18-46-79(87)83-58-81-77-44-16-20-48-85(77)107(89(81)60-91(83)109)73-40-24-36-69(54-73)98-103-94(65-28-8-4-9-29-65)101-95(104-98)66-30-10-5-11-31-66)72-39-27-43-76(57-72)110-88-51-23-19-47-80(88)84-59-82-78-45-17-21-49-86(78)108(90(82)61-92(84)110)74-41-25-37-70(55-74)99-105-96(67-32-12-6-13-33-67)102-97(106-99)68-34-14-7-15-35-68/h4-61H,1-3H3. The average Bonchev–Trinajstić information content (AvgIpc) is 1.56. The molecule has 0 amide bonds. The lowest BCUT2D eigenvalue weighted by atomic mass is 9.35. The summed E-state index contributed by atoms with van der Waals surface area (Å²) < 4.78 is 9.80. The Morgan fingerprint density at radius 2 is 0.455 bits per heavy atom. The van der Waals surface area contributed by atoms with Gasteiger partial charge in [-0.25, -0.2) is 29.9 Å². The van der Waals surface area contributed by atoms with Crippen LogP contribution >= 0.6 is 0 Å². The summed E-state index contributed by atoms with van der Waals surface area (Å²) in [6.07, 6.45) is 0. The zero-order chi connectivity index (χ0) is 73.1. The van der Waals surface area contributed by atoms with Crippen molar-refractivity contribution in [2.24, 2.45) is 0 Å². The van der Waals surface area contributed by atoms with E-state index in [-0.39, 0.29) is 6.71 Å². The number of aromatic nitrogens is 10. The number of benzene rings is 15. The SMILES string of the molecule is Cc1cc(C)c(B(c2cccc(-n3c4ccccc4c4cc5c6ccccc6n(-c6cccc(-c7nc(-c8ccccc8)nc(-c8ccccc8)n7)c6)c5cc43)c2)c2cccc(-n3c4ccccc4c4cc5c6ccccc6n(-c6cccc(-c7nc(-c8ccccc8)nc(-c8ccccc8)n7)c6)c5cc43)c2)c(C)c1. The van der Waals surface area contributed by atoms with Crippen LogP contribution in [0.1, 0.15) is 16.7 Å². The van der Waals surface area contributed by atoms with Crippen LogP contribution < -0.4 is 16.4 Å². The Hall–Kier alpha value is -14.4. The number of aryl methyl sites for hydroxylation is 3. The third-order valence-corrected chi connectivity index (χ3v) is 22.0. The number of hydrogen-bond donors (Lipinski definition) is 0. The summed E-state index contributed by atoms with van der Waals surface area (Å²) >= 11 is 0. The van der Waals surface area contributed by atoms with Gasteiger partial charge in [-0.2, -0.15) is 0 Å². The lowest BCUT2D eigenvalue weighted by Crippen LogP contribution is -2.54. The summed E-state index contributed by atoms with van der Waals surface area (Å²) in [4.78, 5) is 30.8. The van der Waals surface area contributed by atoms with Gasteiger partial charge in [-0.15, -0.1) is 0 Å². The van der Waals surface area contributed by atoms with Crippen LogP contribution in [0.3, 0.4) is 0 Å². The fourth-order valence-corrected chi connectivity index (χ4v) is 17.3. The first-order valence-electron chi connectivity index (χ1n) is 37.4. The first-order chi connectivity index (χ1) is 54.3. The third-order valence-electron chi connectivity index (χ3n) is 22.0. The van der Waals surface area contributed by atoms with Crippen LogP contribution in [-0.4, -0.2) is 54.9 Å². The highest BCUT2D eigenvalue weighted by Crippen LogP contribution is 2.43. The van der Waals surface area contributed by atoms with E-state index in [1.54, 1.807) is 0 Å². The third kappa shape index (κ3) is 10.7. The zero-order valence-electron chi connectivity index (χ0n) is 60.5. The van der Waals surface area contributed by atoms with Gasteiger partial charge in [0.1, 0.15) is 0 Å². The van der Waals surface area contributed by atoms with Gasteiger partial charge < -0.3 is 18.3 Å². The van der Waals surface area contributed by atoms with Crippen LogP contribution in [0.2, 0.25) is 0 Å². The van der Waals surface area contributed by atoms with E-state index in [1.165, 1.54) is 76.2 Å². The minimum absolute atomic E-state index is 0.159. The van der Waals surface area contributed by atoms with Crippen molar-refractivity contribution in [3.8, 4) is 91.1 Å². The summed E-state index contributed by atoms with van der Waals surface area (Å²) in [5.41, 5.74) is 26.0. The highest BCUT2D eigenvalue weighted by molar-refractivity contribution is 6.96. The van der Waals surface area contributed by atoms with Gasteiger partial charge in [0.2, 0.25) is 6.71 Å². The highest BCUT2D eigenvalue weighted by Gasteiger charge is 2.29. The van der Waals surface area contributed by atoms with Crippen LogP contribution in [0, 0.1) is 20.8 Å². The number of fused-ring (bicyclic) bond motifs is 12. The Bertz CT molecular complexity index is 6720. The quantitative estimate of drug-likeness (QED) is 0.107. The lowest BCUT2D eigenvalue weighted by molar-refractivity contribution is 1.07.